The van der Waals surface area contributed by atoms with Crippen LogP contribution in [0.2, 0.25) is 0 Å². The summed E-state index contributed by atoms with van der Waals surface area (Å²) >= 11 is 0. The highest BCUT2D eigenvalue weighted by Gasteiger charge is 2.19. The van der Waals surface area contributed by atoms with E-state index in [-0.39, 0.29) is 0 Å². The smallest absolute Gasteiger partial charge is 0.407 e. The van der Waals surface area contributed by atoms with Crippen molar-refractivity contribution in [3.05, 3.63) is 41.5 Å². The van der Waals surface area contributed by atoms with Crippen LogP contribution in [-0.2, 0) is 11.3 Å². The van der Waals surface area contributed by atoms with Crippen molar-refractivity contribution in [3.8, 4) is 0 Å². The van der Waals surface area contributed by atoms with Crippen LogP contribution < -0.4 is 5.48 Å². The molecule has 0 aromatic heterocycles. The van der Waals surface area contributed by atoms with E-state index in [1.165, 1.54) is 16.5 Å². The van der Waals surface area contributed by atoms with Gasteiger partial charge >= 0.3 is 6.09 Å². The number of amides is 2. The highest BCUT2D eigenvalue weighted by atomic mass is 16.5. The second-order valence-electron chi connectivity index (χ2n) is 5.10. The first-order chi connectivity index (χ1) is 10.6. The van der Waals surface area contributed by atoms with Crippen molar-refractivity contribution in [1.29, 1.82) is 0 Å². The Labute approximate surface area is 128 Å². The molecule has 0 saturated carbocycles. The molecule has 22 heavy (non-hydrogen) atoms. The van der Waals surface area contributed by atoms with Crippen LogP contribution in [0.15, 0.2) is 30.3 Å². The van der Waals surface area contributed by atoms with Crippen molar-refractivity contribution in [1.82, 2.24) is 15.3 Å². The van der Waals surface area contributed by atoms with Gasteiger partial charge in [-0.15, -0.1) is 0 Å². The van der Waals surface area contributed by atoms with Crippen LogP contribution in [0.3, 0.4) is 0 Å². The van der Waals surface area contributed by atoms with Crippen LogP contribution >= 0.6 is 0 Å². The molecule has 0 atom stereocenters. The zero-order chi connectivity index (χ0) is 15.9. The standard InChI is InChI=1S/C15H19N3O4/c19-14(16-22)6-5-12-1-3-13(4-2-12)11-17-7-9-18(10-8-17)15(20)21/h1-6,22H,7-11H2,(H,16,19)(H,20,21). The van der Waals surface area contributed by atoms with E-state index in [2.05, 4.69) is 4.90 Å². The number of benzene rings is 1. The maximum Gasteiger partial charge on any atom is 0.407 e. The zero-order valence-corrected chi connectivity index (χ0v) is 12.1. The number of hydrogen-bond donors (Lipinski definition) is 3. The first-order valence-electron chi connectivity index (χ1n) is 7.00. The average molecular weight is 305 g/mol. The topological polar surface area (TPSA) is 93.1 Å². The van der Waals surface area contributed by atoms with Crippen molar-refractivity contribution >= 4 is 18.1 Å². The predicted octanol–water partition coefficient (Wildman–Crippen LogP) is 1.00. The van der Waals surface area contributed by atoms with E-state index in [1.807, 2.05) is 24.3 Å². The van der Waals surface area contributed by atoms with Crippen molar-refractivity contribution in [2.24, 2.45) is 0 Å². The van der Waals surface area contributed by atoms with E-state index >= 15 is 0 Å². The number of rotatable bonds is 4. The lowest BCUT2D eigenvalue weighted by Crippen LogP contribution is -2.47. The molecular weight excluding hydrogens is 286 g/mol. The van der Waals surface area contributed by atoms with Gasteiger partial charge in [0.25, 0.3) is 5.91 Å². The third-order valence-corrected chi connectivity index (χ3v) is 3.57. The Morgan fingerprint density at radius 1 is 1.14 bits per heavy atom. The molecule has 1 aliphatic heterocycles. The van der Waals surface area contributed by atoms with E-state index < -0.39 is 12.0 Å². The van der Waals surface area contributed by atoms with Gasteiger partial charge in [-0.1, -0.05) is 24.3 Å². The fourth-order valence-electron chi connectivity index (χ4n) is 2.30. The quantitative estimate of drug-likeness (QED) is 0.438. The third kappa shape index (κ3) is 4.57. The SMILES string of the molecule is O=C(C=Cc1ccc(CN2CCN(C(=O)O)CC2)cc1)NO. The number of carbonyl (C=O) groups is 2. The van der Waals surface area contributed by atoms with Gasteiger partial charge in [0.2, 0.25) is 0 Å². The molecule has 1 aliphatic rings. The van der Waals surface area contributed by atoms with Crippen LogP contribution in [-0.4, -0.2) is 58.3 Å². The van der Waals surface area contributed by atoms with Crippen molar-refractivity contribution in [2.45, 2.75) is 6.54 Å². The summed E-state index contributed by atoms with van der Waals surface area (Å²) in [4.78, 5) is 25.4. The van der Waals surface area contributed by atoms with Crippen molar-refractivity contribution in [3.63, 3.8) is 0 Å². The molecule has 7 nitrogen and oxygen atoms in total. The Bertz CT molecular complexity index is 548. The molecule has 118 valence electrons. The minimum absolute atomic E-state index is 0.534. The molecule has 2 rings (SSSR count). The lowest BCUT2D eigenvalue weighted by atomic mass is 10.1. The Balaban J connectivity index is 1.85. The Morgan fingerprint density at radius 3 is 2.32 bits per heavy atom. The second kappa shape index (κ2) is 7.58. The molecular formula is C15H19N3O4. The first-order valence-corrected chi connectivity index (χ1v) is 7.00. The highest BCUT2D eigenvalue weighted by Crippen LogP contribution is 2.11. The fourth-order valence-corrected chi connectivity index (χ4v) is 2.30. The van der Waals surface area contributed by atoms with Gasteiger partial charge in [0.15, 0.2) is 0 Å². The summed E-state index contributed by atoms with van der Waals surface area (Å²) in [6, 6.07) is 7.73. The Hall–Kier alpha value is -2.38. The van der Waals surface area contributed by atoms with E-state index in [9.17, 15) is 9.59 Å². The molecule has 0 aliphatic carbocycles. The number of nitrogens with zero attached hydrogens (tertiary/aromatic N) is 2. The molecule has 7 heteroatoms. The van der Waals surface area contributed by atoms with Crippen LogP contribution in [0, 0.1) is 0 Å². The summed E-state index contributed by atoms with van der Waals surface area (Å²) < 4.78 is 0. The molecule has 1 aromatic rings. The van der Waals surface area contributed by atoms with Crippen LogP contribution in [0.4, 0.5) is 4.79 Å². The molecule has 0 radical (unpaired) electrons. The Kier molecular flexibility index (Phi) is 5.51. The summed E-state index contributed by atoms with van der Waals surface area (Å²) in [5.41, 5.74) is 3.53. The lowest BCUT2D eigenvalue weighted by molar-refractivity contribution is -0.124. The number of hydroxylamine groups is 1. The number of carbonyl (C=O) groups excluding carboxylic acids is 1. The van der Waals surface area contributed by atoms with Gasteiger partial charge < -0.3 is 10.0 Å². The average Bonchev–Trinajstić information content (AvgIpc) is 2.54. The molecule has 1 saturated heterocycles. The predicted molar refractivity (Wildman–Crippen MR) is 80.3 cm³/mol. The summed E-state index contributed by atoms with van der Waals surface area (Å²) in [6.45, 7) is 3.29. The van der Waals surface area contributed by atoms with Crippen LogP contribution in [0.25, 0.3) is 6.08 Å². The number of nitrogens with one attached hydrogen (secondary N) is 1. The molecule has 1 aromatic carbocycles. The van der Waals surface area contributed by atoms with Gasteiger partial charge in [-0.3, -0.25) is 14.9 Å². The maximum atomic E-state index is 10.9. The summed E-state index contributed by atoms with van der Waals surface area (Å²) in [5.74, 6) is -0.569. The van der Waals surface area contributed by atoms with Gasteiger partial charge in [0.05, 0.1) is 0 Å². The van der Waals surface area contributed by atoms with Gasteiger partial charge in [-0.05, 0) is 17.2 Å². The minimum atomic E-state index is -0.859. The fraction of sp³-hybridized carbons (Fsp3) is 0.333. The van der Waals surface area contributed by atoms with E-state index in [1.54, 1.807) is 6.08 Å². The second-order valence-corrected chi connectivity index (χ2v) is 5.10. The molecule has 0 unspecified atom stereocenters. The van der Waals surface area contributed by atoms with Crippen LogP contribution in [0.5, 0.6) is 0 Å². The van der Waals surface area contributed by atoms with Crippen molar-refractivity contribution in [2.75, 3.05) is 26.2 Å². The normalized spacial score (nSPS) is 16.0. The van der Waals surface area contributed by atoms with Crippen molar-refractivity contribution < 1.29 is 19.9 Å². The summed E-state index contributed by atoms with van der Waals surface area (Å²) in [6.07, 6.45) is 2.00. The first kappa shape index (κ1) is 16.0. The maximum absolute atomic E-state index is 10.9. The minimum Gasteiger partial charge on any atom is -0.465 e. The Morgan fingerprint density at radius 2 is 1.77 bits per heavy atom. The highest BCUT2D eigenvalue weighted by molar-refractivity contribution is 5.90. The lowest BCUT2D eigenvalue weighted by Gasteiger charge is -2.33. The number of hydrogen-bond acceptors (Lipinski definition) is 4. The number of piperazine rings is 1. The van der Waals surface area contributed by atoms with Gasteiger partial charge in [-0.2, -0.15) is 0 Å². The molecule has 3 N–H and O–H groups in total. The van der Waals surface area contributed by atoms with Gasteiger partial charge in [0.1, 0.15) is 0 Å². The summed E-state index contributed by atoms with van der Waals surface area (Å²) in [5, 5.41) is 17.3. The van der Waals surface area contributed by atoms with E-state index in [0.29, 0.717) is 13.1 Å². The molecule has 0 spiro atoms. The van der Waals surface area contributed by atoms with Gasteiger partial charge in [-0.25, -0.2) is 10.3 Å². The van der Waals surface area contributed by atoms with E-state index in [0.717, 1.165) is 30.8 Å². The van der Waals surface area contributed by atoms with Crippen LogP contribution in [0.1, 0.15) is 11.1 Å². The molecule has 1 heterocycles. The largest absolute Gasteiger partial charge is 0.465 e. The summed E-state index contributed by atoms with van der Waals surface area (Å²) in [7, 11) is 0. The molecule has 2 amide bonds. The monoisotopic (exact) mass is 305 g/mol. The molecule has 0 bridgehead atoms. The molecule has 1 fully saturated rings. The third-order valence-electron chi connectivity index (χ3n) is 3.57. The zero-order valence-electron chi connectivity index (χ0n) is 12.1. The number of carboxylic acid groups (broad SMARTS) is 1. The van der Waals surface area contributed by atoms with Gasteiger partial charge in [0, 0.05) is 38.8 Å². The van der Waals surface area contributed by atoms with E-state index in [4.69, 9.17) is 10.3 Å².